The summed E-state index contributed by atoms with van der Waals surface area (Å²) in [7, 11) is 1.67. The first-order valence-corrected chi connectivity index (χ1v) is 8.25. The van der Waals surface area contributed by atoms with E-state index in [9.17, 15) is 0 Å². The van der Waals surface area contributed by atoms with Crippen molar-refractivity contribution >= 4 is 10.9 Å². The molecule has 4 aromatic rings. The number of fused-ring (bicyclic) bond motifs is 1. The summed E-state index contributed by atoms with van der Waals surface area (Å²) in [6, 6.07) is 25.0. The zero-order valence-electron chi connectivity index (χ0n) is 14.0. The average Bonchev–Trinajstić information content (AvgIpc) is 2.69. The van der Waals surface area contributed by atoms with Crippen molar-refractivity contribution in [3.8, 4) is 16.9 Å². The Hall–Kier alpha value is -3.20. The molecule has 1 aromatic heterocycles. The standard InChI is InChI=1S/C22H18N2O/c1-25-19-10-11-20-21(23-15-24-22(20)14-19)13-16-6-5-9-18(12-16)17-7-3-2-4-8-17/h2-12,14-15H,13H2,1H3. The van der Waals surface area contributed by atoms with Crippen LogP contribution in [0, 0.1) is 0 Å². The minimum atomic E-state index is 0.770. The van der Waals surface area contributed by atoms with Crippen molar-refractivity contribution in [3.63, 3.8) is 0 Å². The molecule has 0 aliphatic rings. The SMILES string of the molecule is COc1ccc2c(Cc3cccc(-c4ccccc4)c3)ncnc2c1. The first-order valence-electron chi connectivity index (χ1n) is 8.25. The van der Waals surface area contributed by atoms with E-state index in [2.05, 4.69) is 58.5 Å². The van der Waals surface area contributed by atoms with E-state index in [1.807, 2.05) is 24.3 Å². The number of aromatic nitrogens is 2. The van der Waals surface area contributed by atoms with Crippen molar-refractivity contribution < 1.29 is 4.74 Å². The van der Waals surface area contributed by atoms with E-state index in [1.165, 1.54) is 16.7 Å². The molecular weight excluding hydrogens is 308 g/mol. The van der Waals surface area contributed by atoms with Crippen molar-refractivity contribution in [3.05, 3.63) is 90.4 Å². The normalized spacial score (nSPS) is 10.8. The minimum Gasteiger partial charge on any atom is -0.497 e. The molecule has 0 bridgehead atoms. The van der Waals surface area contributed by atoms with Crippen LogP contribution in [0.3, 0.4) is 0 Å². The summed E-state index contributed by atoms with van der Waals surface area (Å²) in [5.41, 5.74) is 5.61. The summed E-state index contributed by atoms with van der Waals surface area (Å²) in [4.78, 5) is 8.87. The molecule has 0 saturated carbocycles. The van der Waals surface area contributed by atoms with Crippen molar-refractivity contribution in [2.45, 2.75) is 6.42 Å². The van der Waals surface area contributed by atoms with Gasteiger partial charge in [0.25, 0.3) is 0 Å². The van der Waals surface area contributed by atoms with Crippen LogP contribution < -0.4 is 4.74 Å². The first kappa shape index (κ1) is 15.3. The molecule has 4 rings (SSSR count). The van der Waals surface area contributed by atoms with Crippen LogP contribution in [0.15, 0.2) is 79.1 Å². The van der Waals surface area contributed by atoms with E-state index >= 15 is 0 Å². The highest BCUT2D eigenvalue weighted by Gasteiger charge is 2.07. The largest absolute Gasteiger partial charge is 0.497 e. The Bertz CT molecular complexity index is 1010. The molecule has 0 amide bonds. The molecular formula is C22H18N2O. The van der Waals surface area contributed by atoms with E-state index in [1.54, 1.807) is 13.4 Å². The van der Waals surface area contributed by atoms with Crippen LogP contribution in [0.4, 0.5) is 0 Å². The van der Waals surface area contributed by atoms with Gasteiger partial charge in [0, 0.05) is 17.9 Å². The molecule has 0 atom stereocenters. The molecule has 3 nitrogen and oxygen atoms in total. The Morgan fingerprint density at radius 3 is 2.48 bits per heavy atom. The van der Waals surface area contributed by atoms with E-state index < -0.39 is 0 Å². The molecule has 0 radical (unpaired) electrons. The third-order valence-corrected chi connectivity index (χ3v) is 4.33. The van der Waals surface area contributed by atoms with Crippen LogP contribution in [-0.2, 0) is 6.42 Å². The second kappa shape index (κ2) is 6.73. The van der Waals surface area contributed by atoms with Crippen molar-refractivity contribution in [1.29, 1.82) is 0 Å². The number of ether oxygens (including phenoxy) is 1. The van der Waals surface area contributed by atoms with Gasteiger partial charge in [-0.2, -0.15) is 0 Å². The number of benzene rings is 3. The summed E-state index contributed by atoms with van der Waals surface area (Å²) in [5.74, 6) is 0.809. The van der Waals surface area contributed by atoms with E-state index in [4.69, 9.17) is 4.74 Å². The highest BCUT2D eigenvalue weighted by molar-refractivity contribution is 5.82. The molecule has 0 N–H and O–H groups in total. The maximum absolute atomic E-state index is 5.28. The minimum absolute atomic E-state index is 0.770. The molecule has 122 valence electrons. The van der Waals surface area contributed by atoms with Crippen LogP contribution in [0.25, 0.3) is 22.0 Å². The quantitative estimate of drug-likeness (QED) is 0.535. The number of methoxy groups -OCH3 is 1. The molecule has 3 heteroatoms. The van der Waals surface area contributed by atoms with Crippen LogP contribution in [0.5, 0.6) is 5.75 Å². The fourth-order valence-electron chi connectivity index (χ4n) is 3.05. The van der Waals surface area contributed by atoms with Gasteiger partial charge in [-0.1, -0.05) is 54.6 Å². The molecule has 25 heavy (non-hydrogen) atoms. The van der Waals surface area contributed by atoms with Crippen LogP contribution in [0.1, 0.15) is 11.3 Å². The lowest BCUT2D eigenvalue weighted by Gasteiger charge is -2.08. The van der Waals surface area contributed by atoms with Gasteiger partial charge in [-0.05, 0) is 28.8 Å². The topological polar surface area (TPSA) is 35.0 Å². The molecule has 0 aliphatic carbocycles. The van der Waals surface area contributed by atoms with Crippen LogP contribution in [0.2, 0.25) is 0 Å². The number of rotatable bonds is 4. The summed E-state index contributed by atoms with van der Waals surface area (Å²) >= 11 is 0. The van der Waals surface area contributed by atoms with Gasteiger partial charge >= 0.3 is 0 Å². The van der Waals surface area contributed by atoms with E-state index in [-0.39, 0.29) is 0 Å². The Balaban J connectivity index is 1.70. The van der Waals surface area contributed by atoms with Crippen molar-refractivity contribution in [2.75, 3.05) is 7.11 Å². The maximum atomic E-state index is 5.28. The smallest absolute Gasteiger partial charge is 0.121 e. The Labute approximate surface area is 147 Å². The first-order chi connectivity index (χ1) is 12.3. The Morgan fingerprint density at radius 1 is 0.800 bits per heavy atom. The zero-order chi connectivity index (χ0) is 17.1. The molecule has 0 aliphatic heterocycles. The van der Waals surface area contributed by atoms with Crippen LogP contribution in [-0.4, -0.2) is 17.1 Å². The Morgan fingerprint density at radius 2 is 1.64 bits per heavy atom. The highest BCUT2D eigenvalue weighted by atomic mass is 16.5. The molecule has 3 aromatic carbocycles. The predicted molar refractivity (Wildman–Crippen MR) is 101 cm³/mol. The lowest BCUT2D eigenvalue weighted by molar-refractivity contribution is 0.415. The zero-order valence-corrected chi connectivity index (χ0v) is 14.0. The van der Waals surface area contributed by atoms with Crippen LogP contribution >= 0.6 is 0 Å². The van der Waals surface area contributed by atoms with Crippen molar-refractivity contribution in [1.82, 2.24) is 9.97 Å². The van der Waals surface area contributed by atoms with Gasteiger partial charge in [0.05, 0.1) is 18.3 Å². The van der Waals surface area contributed by atoms with Gasteiger partial charge in [0.1, 0.15) is 12.1 Å². The summed E-state index contributed by atoms with van der Waals surface area (Å²) in [5, 5.41) is 1.06. The van der Waals surface area contributed by atoms with Crippen molar-refractivity contribution in [2.24, 2.45) is 0 Å². The predicted octanol–water partition coefficient (Wildman–Crippen LogP) is 4.90. The summed E-state index contributed by atoms with van der Waals surface area (Å²) < 4.78 is 5.28. The fourth-order valence-corrected chi connectivity index (χ4v) is 3.05. The summed E-state index contributed by atoms with van der Waals surface area (Å²) in [6.45, 7) is 0. The lowest BCUT2D eigenvalue weighted by Crippen LogP contribution is -1.96. The number of hydrogen-bond acceptors (Lipinski definition) is 3. The van der Waals surface area contributed by atoms with E-state index in [0.29, 0.717) is 0 Å². The molecule has 0 fully saturated rings. The van der Waals surface area contributed by atoms with Gasteiger partial charge in [0.2, 0.25) is 0 Å². The van der Waals surface area contributed by atoms with Gasteiger partial charge < -0.3 is 4.74 Å². The monoisotopic (exact) mass is 326 g/mol. The lowest BCUT2D eigenvalue weighted by atomic mass is 10.00. The third-order valence-electron chi connectivity index (χ3n) is 4.33. The van der Waals surface area contributed by atoms with Gasteiger partial charge in [0.15, 0.2) is 0 Å². The second-order valence-electron chi connectivity index (χ2n) is 5.95. The summed E-state index contributed by atoms with van der Waals surface area (Å²) in [6.07, 6.45) is 2.39. The number of hydrogen-bond donors (Lipinski definition) is 0. The molecule has 0 spiro atoms. The molecule has 1 heterocycles. The maximum Gasteiger partial charge on any atom is 0.121 e. The number of nitrogens with zero attached hydrogens (tertiary/aromatic N) is 2. The van der Waals surface area contributed by atoms with Gasteiger partial charge in [-0.3, -0.25) is 0 Å². The van der Waals surface area contributed by atoms with E-state index in [0.717, 1.165) is 28.8 Å². The highest BCUT2D eigenvalue weighted by Crippen LogP contribution is 2.24. The third kappa shape index (κ3) is 3.22. The van der Waals surface area contributed by atoms with Gasteiger partial charge in [-0.15, -0.1) is 0 Å². The average molecular weight is 326 g/mol. The fraction of sp³-hybridized carbons (Fsp3) is 0.0909. The Kier molecular flexibility index (Phi) is 4.13. The molecule has 0 unspecified atom stereocenters. The second-order valence-corrected chi connectivity index (χ2v) is 5.95. The molecule has 0 saturated heterocycles. The van der Waals surface area contributed by atoms with Gasteiger partial charge in [-0.25, -0.2) is 9.97 Å².